The van der Waals surface area contributed by atoms with Gasteiger partial charge in [0.15, 0.2) is 5.78 Å². The number of hydrogen-bond donors (Lipinski definition) is 0. The highest BCUT2D eigenvalue weighted by Gasteiger charge is 2.77. The first-order valence-electron chi connectivity index (χ1n) is 12.1. The Kier molecular flexibility index (Phi) is 5.03. The first-order valence-corrected chi connectivity index (χ1v) is 13.0. The highest BCUT2D eigenvalue weighted by molar-refractivity contribution is 9.10. The quantitative estimate of drug-likeness (QED) is 0.404. The summed E-state index contributed by atoms with van der Waals surface area (Å²) in [4.78, 5) is 25.8. The number of halogens is 1. The van der Waals surface area contributed by atoms with Gasteiger partial charge in [0.1, 0.15) is 5.60 Å². The molecule has 0 aromatic heterocycles. The van der Waals surface area contributed by atoms with E-state index in [1.165, 1.54) is 20.0 Å². The van der Waals surface area contributed by atoms with E-state index < -0.39 is 5.60 Å². The van der Waals surface area contributed by atoms with E-state index in [1.807, 2.05) is 0 Å². The van der Waals surface area contributed by atoms with Crippen LogP contribution in [0, 0.1) is 40.4 Å². The van der Waals surface area contributed by atoms with E-state index in [4.69, 9.17) is 9.47 Å². The Morgan fingerprint density at radius 1 is 1.20 bits per heavy atom. The van der Waals surface area contributed by atoms with Gasteiger partial charge in [-0.25, -0.2) is 0 Å². The largest absolute Gasteiger partial charge is 0.469 e. The van der Waals surface area contributed by atoms with Crippen molar-refractivity contribution in [2.24, 2.45) is 40.4 Å². The number of fused-ring (bicyclic) bond motifs is 3. The second-order valence-electron chi connectivity index (χ2n) is 11.5. The van der Waals surface area contributed by atoms with Crippen LogP contribution in [0.1, 0.15) is 78.6 Å². The molecule has 0 N–H and O–H groups in total. The molecule has 4 aliphatic carbocycles. The van der Waals surface area contributed by atoms with Crippen molar-refractivity contribution in [3.05, 3.63) is 0 Å². The highest BCUT2D eigenvalue weighted by atomic mass is 79.9. The van der Waals surface area contributed by atoms with Crippen molar-refractivity contribution in [2.75, 3.05) is 7.11 Å². The number of carbonyl (C=O) groups is 2. The highest BCUT2D eigenvalue weighted by Crippen LogP contribution is 2.73. The molecule has 6 fully saturated rings. The van der Waals surface area contributed by atoms with Crippen molar-refractivity contribution in [1.82, 2.24) is 0 Å². The van der Waals surface area contributed by atoms with Crippen molar-refractivity contribution < 1.29 is 19.1 Å². The van der Waals surface area contributed by atoms with E-state index in [9.17, 15) is 9.59 Å². The fourth-order valence-corrected chi connectivity index (χ4v) is 10.2. The number of hydrogen-bond acceptors (Lipinski definition) is 4. The molecule has 2 aliphatic heterocycles. The summed E-state index contributed by atoms with van der Waals surface area (Å²) in [5.41, 5.74) is -0.630. The van der Waals surface area contributed by atoms with Gasteiger partial charge in [-0.2, -0.15) is 0 Å². The minimum absolute atomic E-state index is 0.00366. The molecule has 4 nitrogen and oxygen atoms in total. The van der Waals surface area contributed by atoms with Crippen LogP contribution in [0.3, 0.4) is 0 Å². The number of alkyl halides is 1. The lowest BCUT2D eigenvalue weighted by Crippen LogP contribution is -2.77. The predicted octanol–water partition coefficient (Wildman–Crippen LogP) is 5.31. The number of Topliss-reactive ketones (excluding diaryl/α,β-unsaturated/α-hetero) is 1. The first kappa shape index (κ1) is 21.4. The number of ether oxygens (including phenoxy) is 2. The van der Waals surface area contributed by atoms with Crippen molar-refractivity contribution in [3.8, 4) is 0 Å². The van der Waals surface area contributed by atoms with Crippen molar-refractivity contribution >= 4 is 27.7 Å². The number of carbonyl (C=O) groups excluding carboxylic acids is 2. The van der Waals surface area contributed by atoms with Crippen LogP contribution in [0.15, 0.2) is 0 Å². The Hall–Kier alpha value is -0.420. The van der Waals surface area contributed by atoms with E-state index in [-0.39, 0.29) is 27.7 Å². The lowest BCUT2D eigenvalue weighted by molar-refractivity contribution is -0.306. The summed E-state index contributed by atoms with van der Waals surface area (Å²) in [6.07, 6.45) is 9.73. The molecule has 0 radical (unpaired) electrons. The molecule has 6 aliphatic rings. The minimum Gasteiger partial charge on any atom is -0.469 e. The summed E-state index contributed by atoms with van der Waals surface area (Å²) in [5.74, 6) is 2.57. The minimum atomic E-state index is -0.570. The van der Waals surface area contributed by atoms with Crippen LogP contribution in [0.2, 0.25) is 0 Å². The van der Waals surface area contributed by atoms with Gasteiger partial charge >= 0.3 is 5.97 Å². The molecule has 10 atom stereocenters. The topological polar surface area (TPSA) is 52.6 Å². The lowest BCUT2D eigenvalue weighted by Gasteiger charge is -2.71. The standard InChI is InChI=1S/C25H37BrO4/c1-14(5-10-20(27)29-4)17-8-9-18-19-7-6-15-13-16-11-12-23(15,2)25(19,30-16)22(28)21(26)24(17,18)3/h14-19,21H,5-13H2,1-4H3/t14?,15?,16-,17?,18?,19?,21-,23-,24+,25-/m0/s1. The van der Waals surface area contributed by atoms with Crippen LogP contribution in [-0.2, 0) is 19.1 Å². The SMILES string of the molecule is COC(=O)CCC(C)C1CCC2C3CCC4C[C@@H]5CC[C@]4(C)[C@@]3(O5)C(=O)[C@H](Br)[C@]12C. The van der Waals surface area contributed by atoms with Gasteiger partial charge in [0.2, 0.25) is 0 Å². The van der Waals surface area contributed by atoms with Crippen molar-refractivity contribution in [2.45, 2.75) is 95.1 Å². The number of rotatable bonds is 4. The van der Waals surface area contributed by atoms with Crippen LogP contribution in [0.4, 0.5) is 0 Å². The maximum atomic E-state index is 14.3. The smallest absolute Gasteiger partial charge is 0.305 e. The maximum Gasteiger partial charge on any atom is 0.305 e. The number of methoxy groups -OCH3 is 1. The molecule has 30 heavy (non-hydrogen) atoms. The Morgan fingerprint density at radius 2 is 1.93 bits per heavy atom. The predicted molar refractivity (Wildman–Crippen MR) is 118 cm³/mol. The van der Waals surface area contributed by atoms with Gasteiger partial charge in [0.25, 0.3) is 0 Å². The molecular weight excluding hydrogens is 444 g/mol. The molecular formula is C25H37BrO4. The third-order valence-corrected chi connectivity index (χ3v) is 12.1. The van der Waals surface area contributed by atoms with Crippen LogP contribution < -0.4 is 0 Å². The Morgan fingerprint density at radius 3 is 2.67 bits per heavy atom. The molecule has 0 aromatic rings. The summed E-state index contributed by atoms with van der Waals surface area (Å²) in [5, 5.41) is 0. The molecule has 0 aromatic carbocycles. The molecule has 2 heterocycles. The van der Waals surface area contributed by atoms with Crippen LogP contribution in [-0.4, -0.2) is 35.4 Å². The fraction of sp³-hybridized carbons (Fsp3) is 0.920. The average Bonchev–Trinajstić information content (AvgIpc) is 3.08. The molecule has 0 amide bonds. The number of ketones is 1. The van der Waals surface area contributed by atoms with Gasteiger partial charge in [-0.3, -0.25) is 9.59 Å². The summed E-state index contributed by atoms with van der Waals surface area (Å²) in [7, 11) is 1.46. The zero-order valence-corrected chi connectivity index (χ0v) is 20.5. The molecule has 1 spiro atoms. The third-order valence-electron chi connectivity index (χ3n) is 10.7. The van der Waals surface area contributed by atoms with Gasteiger partial charge in [-0.1, -0.05) is 36.7 Å². The third kappa shape index (κ3) is 2.48. The Bertz CT molecular complexity index is 753. The summed E-state index contributed by atoms with van der Waals surface area (Å²) in [6, 6.07) is 0. The summed E-state index contributed by atoms with van der Waals surface area (Å²) >= 11 is 3.98. The second kappa shape index (κ2) is 7.04. The van der Waals surface area contributed by atoms with E-state index in [0.29, 0.717) is 41.8 Å². The van der Waals surface area contributed by atoms with E-state index >= 15 is 0 Å². The van der Waals surface area contributed by atoms with E-state index in [2.05, 4.69) is 36.7 Å². The average molecular weight is 481 g/mol. The molecule has 4 saturated carbocycles. The zero-order valence-electron chi connectivity index (χ0n) is 18.9. The molecule has 5 heteroatoms. The first-order chi connectivity index (χ1) is 14.2. The van der Waals surface area contributed by atoms with Crippen molar-refractivity contribution in [1.29, 1.82) is 0 Å². The zero-order chi connectivity index (χ0) is 21.5. The van der Waals surface area contributed by atoms with Crippen LogP contribution in [0.25, 0.3) is 0 Å². The molecule has 2 saturated heterocycles. The normalized spacial score (nSPS) is 52.5. The van der Waals surface area contributed by atoms with E-state index in [0.717, 1.165) is 38.5 Å². The second-order valence-corrected chi connectivity index (χ2v) is 12.4. The molecule has 4 bridgehead atoms. The molecule has 6 rings (SSSR count). The lowest BCUT2D eigenvalue weighted by atomic mass is 9.40. The molecule has 168 valence electrons. The van der Waals surface area contributed by atoms with Gasteiger partial charge in [0.05, 0.1) is 18.0 Å². The van der Waals surface area contributed by atoms with Gasteiger partial charge in [-0.05, 0) is 86.4 Å². The summed E-state index contributed by atoms with van der Waals surface area (Å²) < 4.78 is 11.7. The van der Waals surface area contributed by atoms with Crippen molar-refractivity contribution in [3.63, 3.8) is 0 Å². The van der Waals surface area contributed by atoms with Crippen LogP contribution in [0.5, 0.6) is 0 Å². The summed E-state index contributed by atoms with van der Waals surface area (Å²) in [6.45, 7) is 7.02. The number of esters is 1. The fourth-order valence-electron chi connectivity index (χ4n) is 9.18. The van der Waals surface area contributed by atoms with Gasteiger partial charge in [-0.15, -0.1) is 0 Å². The molecule has 5 unspecified atom stereocenters. The Balaban J connectivity index is 1.49. The Labute approximate surface area is 189 Å². The monoisotopic (exact) mass is 480 g/mol. The van der Waals surface area contributed by atoms with E-state index in [1.54, 1.807) is 0 Å². The maximum absolute atomic E-state index is 14.3. The van der Waals surface area contributed by atoms with Gasteiger partial charge in [0, 0.05) is 11.8 Å². The van der Waals surface area contributed by atoms with Crippen LogP contribution >= 0.6 is 15.9 Å². The van der Waals surface area contributed by atoms with Gasteiger partial charge < -0.3 is 9.47 Å².